The highest BCUT2D eigenvalue weighted by atomic mass is 16.6. The van der Waals surface area contributed by atoms with E-state index in [1.54, 1.807) is 6.20 Å². The molecule has 1 N–H and O–H groups in total. The van der Waals surface area contributed by atoms with Crippen molar-refractivity contribution < 1.29 is 9.53 Å². The maximum Gasteiger partial charge on any atom is 0.340 e. The van der Waals surface area contributed by atoms with Gasteiger partial charge in [0.2, 0.25) is 0 Å². The standard InChI is InChI=1S/C27H40N2O2/c1-26(2,3)31-25(30)21-12-23(29-22-7-5-4-6-8-22)24(28-17-21)16-27-13-18-9-19(14-27)11-20(10-18)15-27/h12,17-20,22,29H,4-11,13-16H2,1-3H3. The third-order valence-electron chi connectivity index (χ3n) is 8.28. The maximum atomic E-state index is 12.7. The molecule has 0 unspecified atom stereocenters. The summed E-state index contributed by atoms with van der Waals surface area (Å²) in [4.78, 5) is 17.6. The summed E-state index contributed by atoms with van der Waals surface area (Å²) >= 11 is 0. The Morgan fingerprint density at radius 3 is 2.26 bits per heavy atom. The van der Waals surface area contributed by atoms with E-state index in [-0.39, 0.29) is 5.97 Å². The van der Waals surface area contributed by atoms with E-state index in [0.29, 0.717) is 17.0 Å². The van der Waals surface area contributed by atoms with Gasteiger partial charge in [-0.3, -0.25) is 4.98 Å². The van der Waals surface area contributed by atoms with Crippen LogP contribution in [0.2, 0.25) is 0 Å². The summed E-state index contributed by atoms with van der Waals surface area (Å²) in [5.41, 5.74) is 2.79. The molecule has 0 spiro atoms. The lowest BCUT2D eigenvalue weighted by molar-refractivity contribution is -0.0525. The normalized spacial score (nSPS) is 32.8. The number of nitrogens with one attached hydrogen (secondary N) is 1. The second-order valence-electron chi connectivity index (χ2n) is 12.3. The van der Waals surface area contributed by atoms with Gasteiger partial charge >= 0.3 is 5.97 Å². The number of hydrogen-bond acceptors (Lipinski definition) is 4. The predicted octanol–water partition coefficient (Wildman–Crippen LogP) is 6.54. The number of aromatic nitrogens is 1. The molecule has 5 fully saturated rings. The number of carbonyl (C=O) groups is 1. The molecule has 4 bridgehead atoms. The van der Waals surface area contributed by atoms with Gasteiger partial charge in [-0.15, -0.1) is 0 Å². The van der Waals surface area contributed by atoms with E-state index in [4.69, 9.17) is 9.72 Å². The van der Waals surface area contributed by atoms with Crippen molar-refractivity contribution >= 4 is 11.7 Å². The number of ether oxygens (including phenoxy) is 1. The Morgan fingerprint density at radius 1 is 1.06 bits per heavy atom. The Labute approximate surface area is 187 Å². The molecule has 5 saturated carbocycles. The van der Waals surface area contributed by atoms with Gasteiger partial charge in [0.15, 0.2) is 0 Å². The lowest BCUT2D eigenvalue weighted by Crippen LogP contribution is -2.47. The van der Waals surface area contributed by atoms with Crippen LogP contribution >= 0.6 is 0 Å². The summed E-state index contributed by atoms with van der Waals surface area (Å²) < 4.78 is 5.64. The lowest BCUT2D eigenvalue weighted by Gasteiger charge is -2.57. The molecule has 170 valence electrons. The Morgan fingerprint density at radius 2 is 1.68 bits per heavy atom. The first-order valence-corrected chi connectivity index (χ1v) is 12.8. The van der Waals surface area contributed by atoms with Crippen molar-refractivity contribution in [1.29, 1.82) is 0 Å². The molecular formula is C27H40N2O2. The number of pyridine rings is 1. The van der Waals surface area contributed by atoms with Crippen LogP contribution in [0.4, 0.5) is 5.69 Å². The Hall–Kier alpha value is -1.58. The van der Waals surface area contributed by atoms with E-state index in [0.717, 1.165) is 29.9 Å². The van der Waals surface area contributed by atoms with E-state index >= 15 is 0 Å². The lowest BCUT2D eigenvalue weighted by atomic mass is 9.48. The van der Waals surface area contributed by atoms with Crippen molar-refractivity contribution in [2.24, 2.45) is 23.2 Å². The van der Waals surface area contributed by atoms with Gasteiger partial charge in [-0.2, -0.15) is 0 Å². The molecule has 0 radical (unpaired) electrons. The molecule has 1 heterocycles. The van der Waals surface area contributed by atoms with Crippen LogP contribution in [-0.4, -0.2) is 22.6 Å². The number of esters is 1. The molecule has 5 aliphatic rings. The van der Waals surface area contributed by atoms with Gasteiger partial charge in [-0.05, 0) is 108 Å². The minimum absolute atomic E-state index is 0.270. The largest absolute Gasteiger partial charge is 0.456 e. The zero-order chi connectivity index (χ0) is 21.6. The zero-order valence-corrected chi connectivity index (χ0v) is 19.7. The van der Waals surface area contributed by atoms with Crippen molar-refractivity contribution in [2.45, 2.75) is 109 Å². The Kier molecular flexibility index (Phi) is 5.55. The van der Waals surface area contributed by atoms with E-state index in [2.05, 4.69) is 5.32 Å². The van der Waals surface area contributed by atoms with Crippen molar-refractivity contribution in [1.82, 2.24) is 4.98 Å². The summed E-state index contributed by atoms with van der Waals surface area (Å²) in [6.07, 6.45) is 17.8. The van der Waals surface area contributed by atoms with Gasteiger partial charge in [0.25, 0.3) is 0 Å². The van der Waals surface area contributed by atoms with E-state index in [1.807, 2.05) is 26.8 Å². The van der Waals surface area contributed by atoms with Crippen molar-refractivity contribution in [2.75, 3.05) is 5.32 Å². The quantitative estimate of drug-likeness (QED) is 0.545. The molecule has 0 atom stereocenters. The Bertz CT molecular complexity index is 784. The molecule has 1 aromatic rings. The minimum Gasteiger partial charge on any atom is -0.456 e. The third kappa shape index (κ3) is 4.78. The third-order valence-corrected chi connectivity index (χ3v) is 8.28. The maximum absolute atomic E-state index is 12.7. The summed E-state index contributed by atoms with van der Waals surface area (Å²) in [6.45, 7) is 5.75. The molecule has 0 amide bonds. The average Bonchev–Trinajstić information content (AvgIpc) is 2.67. The van der Waals surface area contributed by atoms with Crippen molar-refractivity contribution in [3.05, 3.63) is 23.5 Å². The number of hydrogen-bond donors (Lipinski definition) is 1. The minimum atomic E-state index is -0.494. The van der Waals surface area contributed by atoms with Gasteiger partial charge in [-0.25, -0.2) is 4.79 Å². The highest BCUT2D eigenvalue weighted by molar-refractivity contribution is 5.90. The van der Waals surface area contributed by atoms with Gasteiger partial charge in [0.05, 0.1) is 16.9 Å². The summed E-state index contributed by atoms with van der Waals surface area (Å²) in [6, 6.07) is 2.53. The molecule has 0 aliphatic heterocycles. The first-order valence-electron chi connectivity index (χ1n) is 12.8. The van der Waals surface area contributed by atoms with Crippen LogP contribution in [0.1, 0.15) is 107 Å². The van der Waals surface area contributed by atoms with E-state index in [1.165, 1.54) is 76.3 Å². The summed E-state index contributed by atoms with van der Waals surface area (Å²) in [5.74, 6) is 2.57. The SMILES string of the molecule is CC(C)(C)OC(=O)c1cnc(CC23CC4CC(CC(C4)C2)C3)c(NC2CCCCC2)c1. The fraction of sp³-hybridized carbons (Fsp3) is 0.778. The summed E-state index contributed by atoms with van der Waals surface area (Å²) in [5, 5.41) is 3.82. The van der Waals surface area contributed by atoms with E-state index < -0.39 is 5.60 Å². The molecule has 0 aromatic carbocycles. The number of nitrogens with zero attached hydrogens (tertiary/aromatic N) is 1. The van der Waals surface area contributed by atoms with Gasteiger partial charge in [0.1, 0.15) is 5.60 Å². The van der Waals surface area contributed by atoms with Crippen LogP contribution in [0.3, 0.4) is 0 Å². The first kappa shape index (κ1) is 21.3. The average molecular weight is 425 g/mol. The smallest absolute Gasteiger partial charge is 0.340 e. The molecule has 0 saturated heterocycles. The predicted molar refractivity (Wildman–Crippen MR) is 124 cm³/mol. The molecule has 4 nitrogen and oxygen atoms in total. The topological polar surface area (TPSA) is 51.2 Å². The highest BCUT2D eigenvalue weighted by Crippen LogP contribution is 2.61. The first-order chi connectivity index (χ1) is 14.8. The van der Waals surface area contributed by atoms with Crippen LogP contribution in [0, 0.1) is 23.2 Å². The highest BCUT2D eigenvalue weighted by Gasteiger charge is 2.51. The number of rotatable bonds is 5. The second-order valence-corrected chi connectivity index (χ2v) is 12.3. The van der Waals surface area contributed by atoms with E-state index in [9.17, 15) is 4.79 Å². The van der Waals surface area contributed by atoms with Crippen LogP contribution in [0.25, 0.3) is 0 Å². The molecule has 5 aliphatic carbocycles. The second kappa shape index (κ2) is 8.08. The van der Waals surface area contributed by atoms with Crippen LogP contribution in [0.5, 0.6) is 0 Å². The van der Waals surface area contributed by atoms with Crippen LogP contribution in [0.15, 0.2) is 12.3 Å². The van der Waals surface area contributed by atoms with Gasteiger partial charge in [0, 0.05) is 12.2 Å². The molecule has 4 heteroatoms. The van der Waals surface area contributed by atoms with Gasteiger partial charge in [-0.1, -0.05) is 19.3 Å². The molecule has 31 heavy (non-hydrogen) atoms. The van der Waals surface area contributed by atoms with Crippen molar-refractivity contribution in [3.8, 4) is 0 Å². The zero-order valence-electron chi connectivity index (χ0n) is 19.7. The Balaban J connectivity index is 1.40. The summed E-state index contributed by atoms with van der Waals surface area (Å²) in [7, 11) is 0. The molecular weight excluding hydrogens is 384 g/mol. The fourth-order valence-corrected chi connectivity index (χ4v) is 7.54. The monoisotopic (exact) mass is 424 g/mol. The van der Waals surface area contributed by atoms with Crippen LogP contribution in [-0.2, 0) is 11.2 Å². The fourth-order valence-electron chi connectivity index (χ4n) is 7.54. The number of carbonyl (C=O) groups excluding carboxylic acids is 1. The molecule has 6 rings (SSSR count). The molecule has 1 aromatic heterocycles. The van der Waals surface area contributed by atoms with Crippen molar-refractivity contribution in [3.63, 3.8) is 0 Å². The number of anilines is 1. The van der Waals surface area contributed by atoms with Crippen LogP contribution < -0.4 is 5.32 Å². The van der Waals surface area contributed by atoms with Gasteiger partial charge < -0.3 is 10.1 Å².